The minimum absolute atomic E-state index is 0.0885. The molecule has 0 aliphatic carbocycles. The van der Waals surface area contributed by atoms with Gasteiger partial charge in [-0.15, -0.1) is 9.13 Å². The molecule has 4 aromatic heterocycles. The van der Waals surface area contributed by atoms with E-state index in [2.05, 4.69) is 55.8 Å². The van der Waals surface area contributed by atoms with Crippen molar-refractivity contribution < 1.29 is 22.3 Å². The van der Waals surface area contributed by atoms with Gasteiger partial charge in [0.1, 0.15) is 22.6 Å². The molecule has 1 spiro atoms. The number of aromatic nitrogens is 4. The molecule has 0 fully saturated rings. The van der Waals surface area contributed by atoms with Crippen LogP contribution >= 0.6 is 0 Å². The number of rotatable bonds is 0. The first-order valence-electron chi connectivity index (χ1n) is 14.6. The van der Waals surface area contributed by atoms with Crippen LogP contribution in [0.15, 0.2) is 105 Å². The van der Waals surface area contributed by atoms with Crippen molar-refractivity contribution in [2.75, 3.05) is 0 Å². The van der Waals surface area contributed by atoms with Crippen LogP contribution in [0.25, 0.3) is 22.3 Å². The van der Waals surface area contributed by atoms with E-state index in [1.165, 1.54) is 11.2 Å². The standard InChI is InChI=1S/C33H14B2N4O3S2/c40-43-21-7-5-19-25-29(21)34-27-17(11-36-13-23(27)43)15-3-1-9-38(31(15)34)33(25)26-20(42-19)6-8-22-30(26)35-28-18(12-37-14-24(28)44(22)41)16-4-2-10-39(33)32(16)35/h1-14H/q+2. The van der Waals surface area contributed by atoms with Crippen molar-refractivity contribution in [2.45, 2.75) is 25.2 Å². The molecule has 7 nitrogen and oxygen atoms in total. The van der Waals surface area contributed by atoms with Crippen LogP contribution in [0, 0.1) is 0 Å². The van der Waals surface area contributed by atoms with Crippen LogP contribution in [-0.2, 0) is 27.3 Å². The number of hydrogen-bond donors (Lipinski definition) is 0. The molecule has 0 saturated carbocycles. The number of fused-ring (bicyclic) bond motifs is 2. The van der Waals surface area contributed by atoms with Crippen LogP contribution < -0.4 is 46.9 Å². The first-order chi connectivity index (χ1) is 21.7. The first kappa shape index (κ1) is 21.9. The molecule has 44 heavy (non-hydrogen) atoms. The zero-order valence-electron chi connectivity index (χ0n) is 22.6. The summed E-state index contributed by atoms with van der Waals surface area (Å²) in [7, 11) is -2.80. The first-order valence-corrected chi connectivity index (χ1v) is 16.9. The molecule has 0 bridgehead atoms. The second-order valence-electron chi connectivity index (χ2n) is 12.4. The molecular weight excluding hydrogens is 586 g/mol. The Morgan fingerprint density at radius 1 is 0.591 bits per heavy atom. The molecule has 0 amide bonds. The molecule has 2 aromatic carbocycles. The summed E-state index contributed by atoms with van der Waals surface area (Å²) in [5.41, 5.74) is 12.1. The van der Waals surface area contributed by atoms with E-state index in [9.17, 15) is 8.42 Å². The van der Waals surface area contributed by atoms with Crippen molar-refractivity contribution in [1.82, 2.24) is 9.97 Å². The van der Waals surface area contributed by atoms with Gasteiger partial charge in [-0.3, -0.25) is 9.97 Å². The lowest BCUT2D eigenvalue weighted by Gasteiger charge is -2.43. The van der Waals surface area contributed by atoms with E-state index in [-0.39, 0.29) is 13.4 Å². The summed E-state index contributed by atoms with van der Waals surface area (Å²) in [5, 5.41) is 0. The molecule has 0 saturated heterocycles. The molecule has 11 heterocycles. The molecular formula is C33H14B2N4O3S2+2. The van der Waals surface area contributed by atoms with Gasteiger partial charge in [0, 0.05) is 69.0 Å². The van der Waals surface area contributed by atoms with Gasteiger partial charge in [0.25, 0.3) is 0 Å². The van der Waals surface area contributed by atoms with Crippen LogP contribution in [-0.4, -0.2) is 31.8 Å². The van der Waals surface area contributed by atoms with Crippen LogP contribution in [0.4, 0.5) is 0 Å². The van der Waals surface area contributed by atoms with Crippen molar-refractivity contribution in [3.63, 3.8) is 0 Å². The van der Waals surface area contributed by atoms with Gasteiger partial charge in [0.05, 0.1) is 31.4 Å². The Morgan fingerprint density at radius 2 is 1.09 bits per heavy atom. The largest absolute Gasteiger partial charge is 0.456 e. The molecule has 2 atom stereocenters. The highest BCUT2D eigenvalue weighted by Crippen LogP contribution is 2.50. The summed E-state index contributed by atoms with van der Waals surface area (Å²) in [6, 6.07) is 16.5. The van der Waals surface area contributed by atoms with E-state index in [1.807, 2.05) is 36.7 Å². The van der Waals surface area contributed by atoms with Crippen LogP contribution in [0.3, 0.4) is 0 Å². The molecule has 7 aliphatic heterocycles. The Morgan fingerprint density at radius 3 is 1.59 bits per heavy atom. The lowest BCUT2D eigenvalue weighted by Crippen LogP contribution is -2.93. The summed E-state index contributed by atoms with van der Waals surface area (Å²) < 4.78 is 40.5. The fourth-order valence-electron chi connectivity index (χ4n) is 9.73. The Hall–Kier alpha value is -4.73. The van der Waals surface area contributed by atoms with E-state index >= 15 is 0 Å². The van der Waals surface area contributed by atoms with Gasteiger partial charge in [0.15, 0.2) is 23.6 Å². The average Bonchev–Trinajstić information content (AvgIpc) is 3.59. The third kappa shape index (κ3) is 1.89. The van der Waals surface area contributed by atoms with Crippen molar-refractivity contribution in [2.24, 2.45) is 0 Å². The Labute approximate surface area is 255 Å². The third-order valence-corrected chi connectivity index (χ3v) is 14.0. The normalized spacial score (nSPS) is 22.5. The number of benzene rings is 2. The maximum Gasteiger partial charge on any atom is 0.420 e. The van der Waals surface area contributed by atoms with E-state index in [4.69, 9.17) is 4.74 Å². The Bertz CT molecular complexity index is 2450. The molecule has 11 heteroatoms. The van der Waals surface area contributed by atoms with Gasteiger partial charge in [0.2, 0.25) is 0 Å². The summed E-state index contributed by atoms with van der Waals surface area (Å²) in [4.78, 5) is 12.4. The number of pyridine rings is 4. The predicted octanol–water partition coefficient (Wildman–Crippen LogP) is -0.965. The Kier molecular flexibility index (Phi) is 3.24. The monoisotopic (exact) mass is 600 g/mol. The second-order valence-corrected chi connectivity index (χ2v) is 15.3. The Balaban J connectivity index is 1.33. The molecule has 0 radical (unpaired) electrons. The van der Waals surface area contributed by atoms with Crippen molar-refractivity contribution in [1.29, 1.82) is 0 Å². The fraction of sp³-hybridized carbons (Fsp3) is 0.0303. The maximum absolute atomic E-state index is 14.4. The van der Waals surface area contributed by atoms with Crippen LogP contribution in [0.2, 0.25) is 0 Å². The van der Waals surface area contributed by atoms with Gasteiger partial charge < -0.3 is 4.74 Å². The molecule has 13 rings (SSSR count). The van der Waals surface area contributed by atoms with Gasteiger partial charge in [-0.25, -0.2) is 8.42 Å². The van der Waals surface area contributed by atoms with Crippen LogP contribution in [0.1, 0.15) is 11.1 Å². The topological polar surface area (TPSA) is 76.9 Å². The summed E-state index contributed by atoms with van der Waals surface area (Å²) in [5.74, 6) is 1.53. The van der Waals surface area contributed by atoms with Crippen molar-refractivity contribution in [3.8, 4) is 33.8 Å². The fourth-order valence-corrected chi connectivity index (χ4v) is 12.6. The van der Waals surface area contributed by atoms with E-state index in [1.54, 1.807) is 12.4 Å². The van der Waals surface area contributed by atoms with Gasteiger partial charge in [-0.2, -0.15) is 0 Å². The summed E-state index contributed by atoms with van der Waals surface area (Å²) in [6.45, 7) is -0.177. The summed E-state index contributed by atoms with van der Waals surface area (Å²) in [6.07, 6.45) is 11.8. The molecule has 2 unspecified atom stereocenters. The van der Waals surface area contributed by atoms with Gasteiger partial charge in [-0.1, -0.05) is 0 Å². The smallest absolute Gasteiger partial charge is 0.420 e. The lowest BCUT2D eigenvalue weighted by atomic mass is 9.34. The van der Waals surface area contributed by atoms with E-state index in [0.29, 0.717) is 0 Å². The molecule has 6 aromatic rings. The minimum atomic E-state index is -1.40. The average molecular weight is 600 g/mol. The van der Waals surface area contributed by atoms with Crippen molar-refractivity contribution in [3.05, 3.63) is 96.8 Å². The highest BCUT2D eigenvalue weighted by molar-refractivity contribution is 7.86. The molecule has 7 aliphatic rings. The summed E-state index contributed by atoms with van der Waals surface area (Å²) >= 11 is 0. The molecule has 0 N–H and O–H groups in total. The minimum Gasteiger partial charge on any atom is -0.456 e. The maximum atomic E-state index is 14.4. The van der Waals surface area contributed by atoms with Gasteiger partial charge in [-0.05, 0) is 58.2 Å². The third-order valence-electron chi connectivity index (χ3n) is 11.0. The predicted molar refractivity (Wildman–Crippen MR) is 163 cm³/mol. The van der Waals surface area contributed by atoms with Crippen molar-refractivity contribution >= 4 is 68.1 Å². The van der Waals surface area contributed by atoms with E-state index in [0.717, 1.165) is 86.3 Å². The zero-order chi connectivity index (χ0) is 28.4. The van der Waals surface area contributed by atoms with E-state index < -0.39 is 27.3 Å². The second kappa shape index (κ2) is 6.52. The number of ether oxygens (including phenoxy) is 1. The highest BCUT2D eigenvalue weighted by Gasteiger charge is 2.74. The number of nitrogens with zero attached hydrogens (tertiary/aromatic N) is 4. The zero-order valence-corrected chi connectivity index (χ0v) is 24.2. The SMILES string of the molecule is O=S1c2cncc3c2B2c4c1ccc1c4C4(c5c(ccc6c5B5c7c(cncc7S6=O)-c6ccc[n+]4c65)O1)[n+]1cccc-3c12. The molecule has 200 valence electrons. The van der Waals surface area contributed by atoms with Crippen LogP contribution in [0.5, 0.6) is 11.5 Å². The quantitative estimate of drug-likeness (QED) is 0.166. The lowest BCUT2D eigenvalue weighted by molar-refractivity contribution is -0.958. The highest BCUT2D eigenvalue weighted by atomic mass is 32.2. The van der Waals surface area contributed by atoms with Gasteiger partial charge >= 0.3 is 19.1 Å². The number of hydrogen-bond acceptors (Lipinski definition) is 5.